The molecule has 1 aliphatic rings. The zero-order valence-electron chi connectivity index (χ0n) is 9.22. The Labute approximate surface area is 107 Å². The van der Waals surface area contributed by atoms with Gasteiger partial charge in [-0.15, -0.1) is 13.2 Å². The van der Waals surface area contributed by atoms with Gasteiger partial charge in [-0.3, -0.25) is 4.99 Å². The maximum atomic E-state index is 12.3. The van der Waals surface area contributed by atoms with Gasteiger partial charge in [0.05, 0.1) is 6.54 Å². The van der Waals surface area contributed by atoms with Gasteiger partial charge in [-0.25, -0.2) is 0 Å². The molecule has 1 aromatic carbocycles. The summed E-state index contributed by atoms with van der Waals surface area (Å²) < 4.78 is 40.7. The molecule has 0 aliphatic carbocycles. The van der Waals surface area contributed by atoms with Crippen LogP contribution in [0.5, 0.6) is 5.75 Å². The van der Waals surface area contributed by atoms with Crippen LogP contribution in [0.1, 0.15) is 5.56 Å². The van der Waals surface area contributed by atoms with E-state index in [1.54, 1.807) is 0 Å². The molecule has 0 bridgehead atoms. The largest absolute Gasteiger partial charge is 0.573 e. The first kappa shape index (κ1) is 13.0. The summed E-state index contributed by atoms with van der Waals surface area (Å²) in [6.45, 7) is 1.34. The SMILES string of the molecule is FC(F)(F)Oc1cc(Cl)ccc1CC1=NCCN1. The van der Waals surface area contributed by atoms with Crippen molar-refractivity contribution in [1.82, 2.24) is 5.32 Å². The van der Waals surface area contributed by atoms with Gasteiger partial charge in [0.2, 0.25) is 0 Å². The summed E-state index contributed by atoms with van der Waals surface area (Å²) in [4.78, 5) is 4.13. The van der Waals surface area contributed by atoms with Crippen LogP contribution in [-0.2, 0) is 6.42 Å². The number of hydrogen-bond donors (Lipinski definition) is 1. The topological polar surface area (TPSA) is 33.6 Å². The molecule has 0 amide bonds. The second-order valence-electron chi connectivity index (χ2n) is 3.73. The van der Waals surface area contributed by atoms with Crippen molar-refractivity contribution in [3.05, 3.63) is 28.8 Å². The number of nitrogens with one attached hydrogen (secondary N) is 1. The summed E-state index contributed by atoms with van der Waals surface area (Å²) in [5.74, 6) is 0.371. The molecule has 0 saturated carbocycles. The van der Waals surface area contributed by atoms with Crippen molar-refractivity contribution < 1.29 is 17.9 Å². The van der Waals surface area contributed by atoms with Crippen LogP contribution >= 0.6 is 11.6 Å². The second-order valence-corrected chi connectivity index (χ2v) is 4.17. The molecule has 1 heterocycles. The Morgan fingerprint density at radius 3 is 2.78 bits per heavy atom. The minimum absolute atomic E-state index is 0.194. The number of halogens is 4. The number of benzene rings is 1. The molecule has 0 unspecified atom stereocenters. The number of amidine groups is 1. The monoisotopic (exact) mass is 278 g/mol. The van der Waals surface area contributed by atoms with E-state index >= 15 is 0 Å². The quantitative estimate of drug-likeness (QED) is 0.922. The molecule has 2 rings (SSSR count). The zero-order valence-corrected chi connectivity index (χ0v) is 9.98. The van der Waals surface area contributed by atoms with E-state index in [9.17, 15) is 13.2 Å². The molecule has 0 radical (unpaired) electrons. The Hall–Kier alpha value is -1.43. The first-order valence-electron chi connectivity index (χ1n) is 5.25. The molecule has 3 nitrogen and oxygen atoms in total. The molecule has 0 spiro atoms. The Morgan fingerprint density at radius 1 is 1.39 bits per heavy atom. The van der Waals surface area contributed by atoms with Crippen LogP contribution in [-0.4, -0.2) is 25.3 Å². The standard InChI is InChI=1S/C11H10ClF3N2O/c12-8-2-1-7(5-10-16-3-4-17-10)9(6-8)18-11(13,14)15/h1-2,6H,3-5H2,(H,16,17). The van der Waals surface area contributed by atoms with Crippen molar-refractivity contribution in [2.24, 2.45) is 4.99 Å². The maximum Gasteiger partial charge on any atom is 0.573 e. The summed E-state index contributed by atoms with van der Waals surface area (Å²) in [5, 5.41) is 3.18. The number of ether oxygens (including phenoxy) is 1. The molecular formula is C11H10ClF3N2O. The van der Waals surface area contributed by atoms with Crippen molar-refractivity contribution in [2.75, 3.05) is 13.1 Å². The number of hydrogen-bond acceptors (Lipinski definition) is 3. The van der Waals surface area contributed by atoms with Gasteiger partial charge in [-0.1, -0.05) is 17.7 Å². The highest BCUT2D eigenvalue weighted by Gasteiger charge is 2.32. The average molecular weight is 279 g/mol. The summed E-state index contributed by atoms with van der Waals surface area (Å²) >= 11 is 5.67. The van der Waals surface area contributed by atoms with Crippen LogP contribution in [0.2, 0.25) is 5.02 Å². The molecule has 0 atom stereocenters. The molecule has 0 aromatic heterocycles. The fourth-order valence-electron chi connectivity index (χ4n) is 1.64. The highest BCUT2D eigenvalue weighted by Crippen LogP contribution is 2.29. The predicted octanol–water partition coefficient (Wildman–Crippen LogP) is 2.78. The van der Waals surface area contributed by atoms with Gasteiger partial charge in [0, 0.05) is 23.6 Å². The third kappa shape index (κ3) is 3.53. The second kappa shape index (κ2) is 5.06. The van der Waals surface area contributed by atoms with Crippen molar-refractivity contribution >= 4 is 17.4 Å². The molecule has 1 aliphatic heterocycles. The lowest BCUT2D eigenvalue weighted by atomic mass is 10.1. The van der Waals surface area contributed by atoms with E-state index in [0.29, 0.717) is 24.5 Å². The van der Waals surface area contributed by atoms with E-state index in [1.807, 2.05) is 0 Å². The van der Waals surface area contributed by atoms with Gasteiger partial charge < -0.3 is 10.1 Å². The highest BCUT2D eigenvalue weighted by molar-refractivity contribution is 6.30. The van der Waals surface area contributed by atoms with E-state index in [-0.39, 0.29) is 17.2 Å². The molecule has 0 saturated heterocycles. The Bertz CT molecular complexity index is 474. The van der Waals surface area contributed by atoms with Gasteiger partial charge in [-0.2, -0.15) is 0 Å². The minimum Gasteiger partial charge on any atom is -0.405 e. The molecule has 7 heteroatoms. The van der Waals surface area contributed by atoms with Crippen LogP contribution in [0.4, 0.5) is 13.2 Å². The van der Waals surface area contributed by atoms with Crippen molar-refractivity contribution in [3.63, 3.8) is 0 Å². The molecule has 18 heavy (non-hydrogen) atoms. The summed E-state index contributed by atoms with van der Waals surface area (Å²) in [6.07, 6.45) is -4.47. The van der Waals surface area contributed by atoms with Gasteiger partial charge >= 0.3 is 6.36 Å². The number of aliphatic imine (C=N–C) groups is 1. The van der Waals surface area contributed by atoms with E-state index in [4.69, 9.17) is 11.6 Å². The number of nitrogens with zero attached hydrogens (tertiary/aromatic N) is 1. The first-order chi connectivity index (χ1) is 8.44. The van der Waals surface area contributed by atoms with E-state index < -0.39 is 6.36 Å². The Kier molecular flexibility index (Phi) is 3.65. The van der Waals surface area contributed by atoms with Gasteiger partial charge in [-0.05, 0) is 12.1 Å². The van der Waals surface area contributed by atoms with Gasteiger partial charge in [0.15, 0.2) is 0 Å². The summed E-state index contributed by atoms with van der Waals surface area (Å²) in [5.41, 5.74) is 0.393. The van der Waals surface area contributed by atoms with Crippen molar-refractivity contribution in [2.45, 2.75) is 12.8 Å². The third-order valence-corrected chi connectivity index (χ3v) is 2.59. The lowest BCUT2D eigenvalue weighted by Crippen LogP contribution is -2.22. The number of alkyl halides is 3. The van der Waals surface area contributed by atoms with Gasteiger partial charge in [0.25, 0.3) is 0 Å². The Morgan fingerprint density at radius 2 is 2.17 bits per heavy atom. The smallest absolute Gasteiger partial charge is 0.405 e. The van der Waals surface area contributed by atoms with E-state index in [2.05, 4.69) is 15.0 Å². The Balaban J connectivity index is 2.22. The molecular weight excluding hydrogens is 269 g/mol. The van der Waals surface area contributed by atoms with Crippen LogP contribution in [0.15, 0.2) is 23.2 Å². The van der Waals surface area contributed by atoms with E-state index in [0.717, 1.165) is 6.07 Å². The fourth-order valence-corrected chi connectivity index (χ4v) is 1.80. The lowest BCUT2D eigenvalue weighted by Gasteiger charge is -2.13. The van der Waals surface area contributed by atoms with Crippen LogP contribution in [0.25, 0.3) is 0 Å². The molecule has 1 aromatic rings. The fraction of sp³-hybridized carbons (Fsp3) is 0.364. The van der Waals surface area contributed by atoms with Gasteiger partial charge in [0.1, 0.15) is 11.6 Å². The predicted molar refractivity (Wildman–Crippen MR) is 62.1 cm³/mol. The maximum absolute atomic E-state index is 12.3. The molecule has 1 N–H and O–H groups in total. The van der Waals surface area contributed by atoms with Crippen LogP contribution in [0, 0.1) is 0 Å². The van der Waals surface area contributed by atoms with Crippen LogP contribution in [0.3, 0.4) is 0 Å². The lowest BCUT2D eigenvalue weighted by molar-refractivity contribution is -0.274. The van der Waals surface area contributed by atoms with Crippen molar-refractivity contribution in [3.8, 4) is 5.75 Å². The molecule has 98 valence electrons. The minimum atomic E-state index is -4.73. The normalized spacial score (nSPS) is 15.2. The molecule has 0 fully saturated rings. The zero-order chi connectivity index (χ0) is 13.2. The van der Waals surface area contributed by atoms with Crippen LogP contribution < -0.4 is 10.1 Å². The average Bonchev–Trinajstić information content (AvgIpc) is 2.72. The van der Waals surface area contributed by atoms with Crippen molar-refractivity contribution in [1.29, 1.82) is 0 Å². The summed E-state index contributed by atoms with van der Waals surface area (Å²) in [6, 6.07) is 4.18. The van der Waals surface area contributed by atoms with E-state index in [1.165, 1.54) is 12.1 Å². The first-order valence-corrected chi connectivity index (χ1v) is 5.63. The third-order valence-electron chi connectivity index (χ3n) is 2.36. The summed E-state index contributed by atoms with van der Waals surface area (Å²) in [7, 11) is 0. The number of rotatable bonds is 3. The highest BCUT2D eigenvalue weighted by atomic mass is 35.5.